The van der Waals surface area contributed by atoms with E-state index in [1.807, 2.05) is 6.92 Å². The van der Waals surface area contributed by atoms with E-state index < -0.39 is 11.7 Å². The second-order valence-corrected chi connectivity index (χ2v) is 6.21. The number of hydrogen-bond acceptors (Lipinski definition) is 3. The van der Waals surface area contributed by atoms with Gasteiger partial charge in [-0.1, -0.05) is 6.07 Å². The summed E-state index contributed by atoms with van der Waals surface area (Å²) in [6, 6.07) is 4.58. The molecule has 0 aliphatic carbocycles. The Bertz CT molecular complexity index is 483. The number of aliphatic hydroxyl groups excluding tert-OH is 1. The summed E-state index contributed by atoms with van der Waals surface area (Å²) in [4.78, 5) is 11.6. The summed E-state index contributed by atoms with van der Waals surface area (Å²) >= 11 is 0. The van der Waals surface area contributed by atoms with Gasteiger partial charge in [0.25, 0.3) is 0 Å². The zero-order valence-corrected chi connectivity index (χ0v) is 13.1. The number of halogens is 1. The summed E-state index contributed by atoms with van der Waals surface area (Å²) in [5, 5.41) is 12.0. The highest BCUT2D eigenvalue weighted by atomic mass is 19.1. The lowest BCUT2D eigenvalue weighted by molar-refractivity contribution is 0.0512. The van der Waals surface area contributed by atoms with Crippen LogP contribution >= 0.6 is 0 Å². The van der Waals surface area contributed by atoms with E-state index in [4.69, 9.17) is 4.74 Å². The highest BCUT2D eigenvalue weighted by molar-refractivity contribution is 5.67. The van der Waals surface area contributed by atoms with Crippen LogP contribution in [0.15, 0.2) is 18.2 Å². The molecule has 0 bridgehead atoms. The smallest absolute Gasteiger partial charge is 0.407 e. The molecule has 0 saturated carbocycles. The van der Waals surface area contributed by atoms with Crippen molar-refractivity contribution in [1.29, 1.82) is 0 Å². The second kappa shape index (κ2) is 7.41. The lowest BCUT2D eigenvalue weighted by Crippen LogP contribution is -2.36. The number of alkyl carbamates (subject to hydrolysis) is 1. The maximum absolute atomic E-state index is 13.2. The Kier molecular flexibility index (Phi) is 6.15. The molecule has 4 nitrogen and oxygen atoms in total. The lowest BCUT2D eigenvalue weighted by atomic mass is 9.96. The van der Waals surface area contributed by atoms with Gasteiger partial charge in [-0.05, 0) is 57.4 Å². The van der Waals surface area contributed by atoms with E-state index >= 15 is 0 Å². The van der Waals surface area contributed by atoms with Crippen molar-refractivity contribution in [2.45, 2.75) is 39.7 Å². The van der Waals surface area contributed by atoms with Crippen molar-refractivity contribution in [3.8, 4) is 0 Å². The molecule has 1 amide bonds. The Morgan fingerprint density at radius 2 is 2.10 bits per heavy atom. The number of rotatable bonds is 5. The molecule has 2 N–H and O–H groups in total. The summed E-state index contributed by atoms with van der Waals surface area (Å²) in [6.07, 6.45) is -0.0208. The van der Waals surface area contributed by atoms with Crippen LogP contribution in [0, 0.1) is 18.7 Å². The highest BCUT2D eigenvalue weighted by Crippen LogP contribution is 2.15. The average molecular weight is 297 g/mol. The highest BCUT2D eigenvalue weighted by Gasteiger charge is 2.18. The van der Waals surface area contributed by atoms with Gasteiger partial charge >= 0.3 is 6.09 Å². The summed E-state index contributed by atoms with van der Waals surface area (Å²) in [6.45, 7) is 7.43. The van der Waals surface area contributed by atoms with E-state index in [-0.39, 0.29) is 24.9 Å². The van der Waals surface area contributed by atoms with E-state index in [9.17, 15) is 14.3 Å². The van der Waals surface area contributed by atoms with Crippen LogP contribution in [0.4, 0.5) is 9.18 Å². The van der Waals surface area contributed by atoms with E-state index in [2.05, 4.69) is 5.32 Å². The Hall–Kier alpha value is -1.62. The molecule has 0 aromatic heterocycles. The maximum atomic E-state index is 13.2. The molecular formula is C16H24FNO3. The lowest BCUT2D eigenvalue weighted by Gasteiger charge is -2.21. The van der Waals surface area contributed by atoms with Gasteiger partial charge in [0.05, 0.1) is 0 Å². The van der Waals surface area contributed by atoms with E-state index in [0.29, 0.717) is 6.42 Å². The normalized spacial score (nSPS) is 12.9. The molecule has 0 fully saturated rings. The molecular weight excluding hydrogens is 273 g/mol. The van der Waals surface area contributed by atoms with Gasteiger partial charge in [-0.15, -0.1) is 0 Å². The zero-order chi connectivity index (χ0) is 16.0. The van der Waals surface area contributed by atoms with Crippen molar-refractivity contribution >= 4 is 6.09 Å². The van der Waals surface area contributed by atoms with Crippen molar-refractivity contribution in [2.75, 3.05) is 13.2 Å². The maximum Gasteiger partial charge on any atom is 0.407 e. The van der Waals surface area contributed by atoms with Crippen LogP contribution < -0.4 is 5.32 Å². The molecule has 0 aliphatic heterocycles. The first-order valence-corrected chi connectivity index (χ1v) is 7.04. The minimum absolute atomic E-state index is 0.0915. The van der Waals surface area contributed by atoms with Crippen molar-refractivity contribution < 1.29 is 19.0 Å². The zero-order valence-electron chi connectivity index (χ0n) is 13.1. The molecule has 1 aromatic carbocycles. The van der Waals surface area contributed by atoms with Crippen LogP contribution in [0.25, 0.3) is 0 Å². The number of carbonyl (C=O) groups excluding carboxylic acids is 1. The van der Waals surface area contributed by atoms with Gasteiger partial charge in [-0.25, -0.2) is 9.18 Å². The number of ether oxygens (including phenoxy) is 1. The number of amides is 1. The number of nitrogens with one attached hydrogen (secondary N) is 1. The average Bonchev–Trinajstić information content (AvgIpc) is 2.36. The fourth-order valence-electron chi connectivity index (χ4n) is 1.91. The largest absolute Gasteiger partial charge is 0.444 e. The van der Waals surface area contributed by atoms with Crippen molar-refractivity contribution in [2.24, 2.45) is 5.92 Å². The number of aliphatic hydroxyl groups is 1. The minimum Gasteiger partial charge on any atom is -0.444 e. The third kappa shape index (κ3) is 6.58. The predicted molar refractivity (Wildman–Crippen MR) is 79.7 cm³/mol. The van der Waals surface area contributed by atoms with Crippen LogP contribution in [-0.2, 0) is 11.2 Å². The molecule has 0 aliphatic rings. The van der Waals surface area contributed by atoms with Crippen LogP contribution in [0.5, 0.6) is 0 Å². The minimum atomic E-state index is -0.558. The summed E-state index contributed by atoms with van der Waals surface area (Å²) in [7, 11) is 0. The van der Waals surface area contributed by atoms with Crippen molar-refractivity contribution in [3.63, 3.8) is 0 Å². The van der Waals surface area contributed by atoms with Crippen LogP contribution in [-0.4, -0.2) is 30.0 Å². The van der Waals surface area contributed by atoms with Gasteiger partial charge in [0.15, 0.2) is 0 Å². The van der Waals surface area contributed by atoms with Gasteiger partial charge in [-0.2, -0.15) is 0 Å². The van der Waals surface area contributed by atoms with Crippen LogP contribution in [0.3, 0.4) is 0 Å². The molecule has 0 saturated heterocycles. The fourth-order valence-corrected chi connectivity index (χ4v) is 1.91. The molecule has 1 aromatic rings. The quantitative estimate of drug-likeness (QED) is 0.878. The number of carbonyl (C=O) groups is 1. The molecule has 0 spiro atoms. The molecule has 118 valence electrons. The first-order chi connectivity index (χ1) is 9.71. The fraction of sp³-hybridized carbons (Fsp3) is 0.562. The molecule has 1 unspecified atom stereocenters. The third-order valence-electron chi connectivity index (χ3n) is 3.01. The van der Waals surface area contributed by atoms with Gasteiger partial charge in [-0.3, -0.25) is 0 Å². The Balaban J connectivity index is 2.56. The number of benzene rings is 1. The SMILES string of the molecule is Cc1ccc(F)cc1CC(CO)CNC(=O)OC(C)(C)C. The van der Waals surface area contributed by atoms with Crippen LogP contribution in [0.1, 0.15) is 31.9 Å². The first kappa shape index (κ1) is 17.4. The van der Waals surface area contributed by atoms with Crippen LogP contribution in [0.2, 0.25) is 0 Å². The molecule has 1 atom stereocenters. The topological polar surface area (TPSA) is 58.6 Å². The summed E-state index contributed by atoms with van der Waals surface area (Å²) in [5.41, 5.74) is 1.24. The van der Waals surface area contributed by atoms with Gasteiger partial charge < -0.3 is 15.2 Å². The van der Waals surface area contributed by atoms with Crippen molar-refractivity contribution in [1.82, 2.24) is 5.32 Å². The standard InChI is InChI=1S/C16H24FNO3/c1-11-5-6-14(17)8-13(11)7-12(10-19)9-18-15(20)21-16(2,3)4/h5-6,8,12,19H,7,9-10H2,1-4H3,(H,18,20). The van der Waals surface area contributed by atoms with Gasteiger partial charge in [0, 0.05) is 19.1 Å². The summed E-state index contributed by atoms with van der Waals surface area (Å²) < 4.78 is 18.4. The number of aryl methyl sites for hydroxylation is 1. The molecule has 0 radical (unpaired) electrons. The molecule has 21 heavy (non-hydrogen) atoms. The van der Waals surface area contributed by atoms with Crippen molar-refractivity contribution in [3.05, 3.63) is 35.1 Å². The Morgan fingerprint density at radius 1 is 1.43 bits per heavy atom. The molecule has 1 rings (SSSR count). The Labute approximate surface area is 125 Å². The number of hydrogen-bond donors (Lipinski definition) is 2. The van der Waals surface area contributed by atoms with Gasteiger partial charge in [0.2, 0.25) is 0 Å². The Morgan fingerprint density at radius 3 is 2.67 bits per heavy atom. The van der Waals surface area contributed by atoms with E-state index in [0.717, 1.165) is 11.1 Å². The predicted octanol–water partition coefficient (Wildman–Crippen LogP) is 2.81. The van der Waals surface area contributed by atoms with Gasteiger partial charge in [0.1, 0.15) is 11.4 Å². The molecule has 5 heteroatoms. The second-order valence-electron chi connectivity index (χ2n) is 6.21. The monoisotopic (exact) mass is 297 g/mol. The van der Waals surface area contributed by atoms with E-state index in [1.54, 1.807) is 26.8 Å². The summed E-state index contributed by atoms with van der Waals surface area (Å²) in [5.74, 6) is -0.481. The third-order valence-corrected chi connectivity index (χ3v) is 3.01. The molecule has 0 heterocycles. The van der Waals surface area contributed by atoms with E-state index in [1.165, 1.54) is 12.1 Å². The first-order valence-electron chi connectivity index (χ1n) is 7.04.